The van der Waals surface area contributed by atoms with E-state index in [9.17, 15) is 25.4 Å². The normalized spacial score (nSPS) is 30.0. The molecule has 5 N–H and O–H groups in total. The van der Waals surface area contributed by atoms with Crippen molar-refractivity contribution >= 4 is 11.4 Å². The van der Waals surface area contributed by atoms with Crippen molar-refractivity contribution in [2.75, 3.05) is 18.5 Å². The van der Waals surface area contributed by atoms with Gasteiger partial charge in [-0.05, 0) is 19.1 Å². The van der Waals surface area contributed by atoms with Gasteiger partial charge in [0, 0.05) is 0 Å². The second-order valence-electron chi connectivity index (χ2n) is 5.26. The molecule has 1 heterocycles. The van der Waals surface area contributed by atoms with Crippen molar-refractivity contribution in [3.63, 3.8) is 0 Å². The van der Waals surface area contributed by atoms with Crippen LogP contribution in [0.3, 0.4) is 0 Å². The van der Waals surface area contributed by atoms with Crippen molar-refractivity contribution in [1.29, 1.82) is 0 Å². The number of aliphatic hydroxyl groups is 4. The Bertz CT molecular complexity index is 582. The molecule has 0 aliphatic carbocycles. The number of benzene rings is 1. The molecule has 0 aromatic heterocycles. The van der Waals surface area contributed by atoms with E-state index < -0.39 is 42.2 Å². The van der Waals surface area contributed by atoms with Gasteiger partial charge in [-0.25, -0.2) is 0 Å². The van der Waals surface area contributed by atoms with Gasteiger partial charge in [0.25, 0.3) is 5.69 Å². The lowest BCUT2D eigenvalue weighted by Gasteiger charge is -2.40. The van der Waals surface area contributed by atoms with Crippen molar-refractivity contribution in [3.05, 3.63) is 28.3 Å². The summed E-state index contributed by atoms with van der Waals surface area (Å²) in [5.41, 5.74) is -0.273. The van der Waals surface area contributed by atoms with Gasteiger partial charge < -0.3 is 35.2 Å². The number of hydrogen-bond donors (Lipinski definition) is 5. The third kappa shape index (κ3) is 3.74. The van der Waals surface area contributed by atoms with Gasteiger partial charge in [-0.2, -0.15) is 0 Å². The summed E-state index contributed by atoms with van der Waals surface area (Å²) >= 11 is 0. The monoisotopic (exact) mass is 344 g/mol. The average molecular weight is 344 g/mol. The number of rotatable bonds is 6. The highest BCUT2D eigenvalue weighted by atomic mass is 16.6. The summed E-state index contributed by atoms with van der Waals surface area (Å²) < 4.78 is 10.5. The van der Waals surface area contributed by atoms with E-state index in [4.69, 9.17) is 14.6 Å². The fourth-order valence-corrected chi connectivity index (χ4v) is 2.42. The Morgan fingerprint density at radius 2 is 2.00 bits per heavy atom. The molecule has 2 rings (SSSR count). The van der Waals surface area contributed by atoms with Gasteiger partial charge >= 0.3 is 0 Å². The van der Waals surface area contributed by atoms with E-state index in [1.807, 2.05) is 0 Å². The molecule has 0 spiro atoms. The van der Waals surface area contributed by atoms with E-state index in [1.165, 1.54) is 18.2 Å². The summed E-state index contributed by atoms with van der Waals surface area (Å²) in [6, 6.07) is 4.10. The van der Waals surface area contributed by atoms with Gasteiger partial charge in [0.1, 0.15) is 35.9 Å². The van der Waals surface area contributed by atoms with Crippen LogP contribution >= 0.6 is 0 Å². The largest absolute Gasteiger partial charge is 0.494 e. The zero-order valence-electron chi connectivity index (χ0n) is 12.9. The second kappa shape index (κ2) is 7.73. The van der Waals surface area contributed by atoms with Crippen LogP contribution in [0.4, 0.5) is 11.4 Å². The van der Waals surface area contributed by atoms with Gasteiger partial charge in [0.05, 0.1) is 24.2 Å². The highest BCUT2D eigenvalue weighted by Crippen LogP contribution is 2.31. The molecular weight excluding hydrogens is 324 g/mol. The minimum atomic E-state index is -1.57. The lowest BCUT2D eigenvalue weighted by molar-refractivity contribution is -0.384. The lowest BCUT2D eigenvalue weighted by atomic mass is 9.98. The summed E-state index contributed by atoms with van der Waals surface area (Å²) in [4.78, 5) is 10.6. The first-order valence-electron chi connectivity index (χ1n) is 7.37. The zero-order chi connectivity index (χ0) is 17.9. The minimum Gasteiger partial charge on any atom is -0.494 e. The number of nitrogens with one attached hydrogen (secondary N) is 1. The van der Waals surface area contributed by atoms with E-state index in [0.29, 0.717) is 12.4 Å². The van der Waals surface area contributed by atoms with Gasteiger partial charge in [-0.1, -0.05) is 0 Å². The van der Waals surface area contributed by atoms with Crippen molar-refractivity contribution in [3.8, 4) is 5.75 Å². The maximum atomic E-state index is 11.2. The fraction of sp³-hybridized carbons (Fsp3) is 0.571. The maximum Gasteiger partial charge on any atom is 0.296 e. The topological polar surface area (TPSA) is 155 Å². The average Bonchev–Trinajstić information content (AvgIpc) is 2.56. The molecule has 0 amide bonds. The summed E-state index contributed by atoms with van der Waals surface area (Å²) in [6.45, 7) is 1.50. The first kappa shape index (κ1) is 18.4. The maximum absolute atomic E-state index is 11.2. The number of ether oxygens (including phenoxy) is 2. The van der Waals surface area contributed by atoms with Gasteiger partial charge in [-0.3, -0.25) is 10.1 Å². The van der Waals surface area contributed by atoms with Crippen LogP contribution in [0.1, 0.15) is 6.92 Å². The molecule has 0 saturated carbocycles. The SMILES string of the molecule is CCOc1ccc(N[C@H]2O[C@@H](CO)[C@@H](O)[C@@H](O)[C@@H]2O)c([N+](=O)[O-])c1. The number of nitrogens with zero attached hydrogens (tertiary/aromatic N) is 1. The summed E-state index contributed by atoms with van der Waals surface area (Å²) in [7, 11) is 0. The molecule has 0 bridgehead atoms. The van der Waals surface area contributed by atoms with Gasteiger partial charge in [0.15, 0.2) is 6.23 Å². The highest BCUT2D eigenvalue weighted by molar-refractivity contribution is 5.64. The molecule has 1 fully saturated rings. The van der Waals surface area contributed by atoms with Crippen LogP contribution in [0.15, 0.2) is 18.2 Å². The van der Waals surface area contributed by atoms with Crippen molar-refractivity contribution in [1.82, 2.24) is 0 Å². The number of nitro groups is 1. The van der Waals surface area contributed by atoms with Crippen LogP contribution in [-0.2, 0) is 4.74 Å². The quantitative estimate of drug-likeness (QED) is 0.329. The van der Waals surface area contributed by atoms with Crippen LogP contribution in [0.25, 0.3) is 0 Å². The Labute approximate surface area is 137 Å². The zero-order valence-corrected chi connectivity index (χ0v) is 12.9. The predicted octanol–water partition coefficient (Wildman–Crippen LogP) is -0.795. The molecule has 134 valence electrons. The van der Waals surface area contributed by atoms with Crippen molar-refractivity contribution < 1.29 is 34.8 Å². The molecule has 24 heavy (non-hydrogen) atoms. The Morgan fingerprint density at radius 1 is 1.29 bits per heavy atom. The second-order valence-corrected chi connectivity index (χ2v) is 5.26. The first-order chi connectivity index (χ1) is 11.4. The third-order valence-electron chi connectivity index (χ3n) is 3.67. The summed E-state index contributed by atoms with van der Waals surface area (Å²) in [5, 5.41) is 52.4. The standard InChI is InChI=1S/C14H20N2O8/c1-2-23-7-3-4-8(9(5-7)16(21)22)15-14-13(20)12(19)11(18)10(6-17)24-14/h3-5,10-15,17-20H,2,6H2,1H3/t10-,11+,12+,13-,14-/m0/s1. The molecule has 1 aliphatic heterocycles. The van der Waals surface area contributed by atoms with Crippen LogP contribution < -0.4 is 10.1 Å². The Hall–Kier alpha value is -1.98. The smallest absolute Gasteiger partial charge is 0.296 e. The molecule has 10 nitrogen and oxygen atoms in total. The van der Waals surface area contributed by atoms with Crippen LogP contribution in [0, 0.1) is 10.1 Å². The lowest BCUT2D eigenvalue weighted by Crippen LogP contribution is -2.60. The van der Waals surface area contributed by atoms with E-state index >= 15 is 0 Å². The minimum absolute atomic E-state index is 0.0350. The molecule has 1 saturated heterocycles. The van der Waals surface area contributed by atoms with Crippen molar-refractivity contribution in [2.24, 2.45) is 0 Å². The predicted molar refractivity (Wildman–Crippen MR) is 81.7 cm³/mol. The number of anilines is 1. The Morgan fingerprint density at radius 3 is 2.58 bits per heavy atom. The summed E-state index contributed by atoms with van der Waals surface area (Å²) in [6.07, 6.45) is -6.98. The molecule has 10 heteroatoms. The molecule has 0 radical (unpaired) electrons. The molecular formula is C14H20N2O8. The highest BCUT2D eigenvalue weighted by Gasteiger charge is 2.43. The first-order valence-corrected chi connectivity index (χ1v) is 7.37. The summed E-state index contributed by atoms with van der Waals surface area (Å²) in [5.74, 6) is 0.309. The Balaban J connectivity index is 2.24. The van der Waals surface area contributed by atoms with Gasteiger partial charge in [0.2, 0.25) is 0 Å². The van der Waals surface area contributed by atoms with Crippen LogP contribution in [0.2, 0.25) is 0 Å². The molecule has 1 aliphatic rings. The number of hydrogen-bond acceptors (Lipinski definition) is 9. The molecule has 1 aromatic carbocycles. The third-order valence-corrected chi connectivity index (χ3v) is 3.67. The van der Waals surface area contributed by atoms with E-state index in [0.717, 1.165) is 0 Å². The van der Waals surface area contributed by atoms with E-state index in [-0.39, 0.29) is 11.4 Å². The van der Waals surface area contributed by atoms with E-state index in [1.54, 1.807) is 6.92 Å². The van der Waals surface area contributed by atoms with Crippen molar-refractivity contribution in [2.45, 2.75) is 37.6 Å². The van der Waals surface area contributed by atoms with Crippen LogP contribution in [0.5, 0.6) is 5.75 Å². The van der Waals surface area contributed by atoms with E-state index in [2.05, 4.69) is 5.32 Å². The number of aliphatic hydroxyl groups excluding tert-OH is 4. The molecule has 1 aromatic rings. The van der Waals surface area contributed by atoms with Gasteiger partial charge in [-0.15, -0.1) is 0 Å². The molecule has 0 unspecified atom stereocenters. The van der Waals surface area contributed by atoms with Crippen LogP contribution in [-0.4, -0.2) is 69.2 Å². The fourth-order valence-electron chi connectivity index (χ4n) is 2.42. The molecule has 5 atom stereocenters. The Kier molecular flexibility index (Phi) is 5.91. The number of nitro benzene ring substituents is 1.